The Bertz CT molecular complexity index is 1080. The molecule has 4 atom stereocenters. The Kier molecular flexibility index (Phi) is 7.71. The van der Waals surface area contributed by atoms with E-state index in [9.17, 15) is 9.59 Å². The highest BCUT2D eigenvalue weighted by Gasteiger charge is 2.42. The molecule has 0 aliphatic carbocycles. The molecule has 3 unspecified atom stereocenters. The first-order valence-corrected chi connectivity index (χ1v) is 13.3. The molecule has 0 spiro atoms. The first-order valence-electron chi connectivity index (χ1n) is 13.3. The summed E-state index contributed by atoms with van der Waals surface area (Å²) in [7, 11) is 0. The molecule has 3 fully saturated rings. The fraction of sp³-hybridized carbons (Fsp3) is 0.571. The van der Waals surface area contributed by atoms with Gasteiger partial charge in [-0.2, -0.15) is 0 Å². The van der Waals surface area contributed by atoms with Crippen molar-refractivity contribution in [2.24, 2.45) is 11.8 Å². The number of alkyl carbamates (subject to hydrolysis) is 1. The largest absolute Gasteiger partial charge is 0.444 e. The number of hydrogen-bond donors (Lipinski definition) is 1. The second-order valence-corrected chi connectivity index (χ2v) is 10.6. The number of benzene rings is 1. The van der Waals surface area contributed by atoms with E-state index in [4.69, 9.17) is 9.47 Å². The van der Waals surface area contributed by atoms with Crippen molar-refractivity contribution in [3.63, 3.8) is 0 Å². The van der Waals surface area contributed by atoms with Gasteiger partial charge in [0.05, 0.1) is 36.2 Å². The fourth-order valence-electron chi connectivity index (χ4n) is 6.04. The van der Waals surface area contributed by atoms with Gasteiger partial charge in [-0.15, -0.1) is 0 Å². The minimum absolute atomic E-state index is 0.0514. The molecule has 198 valence electrons. The quantitative estimate of drug-likeness (QED) is 0.615. The lowest BCUT2D eigenvalue weighted by molar-refractivity contribution is 0.0771. The molecule has 5 rings (SSSR count). The van der Waals surface area contributed by atoms with Gasteiger partial charge in [-0.05, 0) is 44.6 Å². The van der Waals surface area contributed by atoms with E-state index in [-0.39, 0.29) is 24.1 Å². The summed E-state index contributed by atoms with van der Waals surface area (Å²) in [6, 6.07) is 9.94. The van der Waals surface area contributed by atoms with E-state index >= 15 is 0 Å². The van der Waals surface area contributed by atoms with Gasteiger partial charge in [0.1, 0.15) is 11.9 Å². The Balaban J connectivity index is 1.15. The SMILES string of the molecule is Cc1nc(C)c(C(=O)N2CC3CN(CCC(NC(=O)OC4CCOC4)c4ccccc4)C[C@H]3C2)c(C)n1. The number of aryl methyl sites for hydroxylation is 3. The molecule has 3 aliphatic heterocycles. The predicted molar refractivity (Wildman–Crippen MR) is 138 cm³/mol. The molecule has 9 heteroatoms. The standard InChI is InChI=1S/C28H37N5O4/c1-18-26(19(2)30-20(3)29-18)27(34)33-15-22-13-32(14-23(22)16-33)11-9-25(21-7-5-4-6-8-21)31-28(35)37-24-10-12-36-17-24/h4-8,22-25H,9-17H2,1-3H3,(H,31,35)/t22-,23?,24?,25?/m0/s1. The first kappa shape index (κ1) is 25.6. The number of nitrogens with zero attached hydrogens (tertiary/aromatic N) is 4. The zero-order valence-corrected chi connectivity index (χ0v) is 22.0. The molecule has 0 saturated carbocycles. The molecule has 3 aliphatic rings. The van der Waals surface area contributed by atoms with Crippen molar-refractivity contribution < 1.29 is 19.1 Å². The van der Waals surface area contributed by atoms with Crippen molar-refractivity contribution in [3.8, 4) is 0 Å². The number of ether oxygens (including phenoxy) is 2. The number of carbonyl (C=O) groups excluding carboxylic acids is 2. The number of nitrogens with one attached hydrogen (secondary N) is 1. The summed E-state index contributed by atoms with van der Waals surface area (Å²) in [5, 5.41) is 3.08. The average Bonchev–Trinajstić information content (AvgIpc) is 3.58. The van der Waals surface area contributed by atoms with Crippen molar-refractivity contribution in [2.45, 2.75) is 45.8 Å². The van der Waals surface area contributed by atoms with Crippen LogP contribution in [0.1, 0.15) is 52.0 Å². The lowest BCUT2D eigenvalue weighted by Crippen LogP contribution is -2.36. The average molecular weight is 508 g/mol. The van der Waals surface area contributed by atoms with Crippen LogP contribution in [0.3, 0.4) is 0 Å². The van der Waals surface area contributed by atoms with E-state index in [1.807, 2.05) is 56.0 Å². The molecule has 3 saturated heterocycles. The zero-order chi connectivity index (χ0) is 25.9. The van der Waals surface area contributed by atoms with E-state index in [1.54, 1.807) is 0 Å². The third-order valence-corrected chi connectivity index (χ3v) is 7.84. The fourth-order valence-corrected chi connectivity index (χ4v) is 6.04. The summed E-state index contributed by atoms with van der Waals surface area (Å²) in [4.78, 5) is 39.1. The van der Waals surface area contributed by atoms with Crippen LogP contribution in [0.25, 0.3) is 0 Å². The van der Waals surface area contributed by atoms with Crippen molar-refractivity contribution >= 4 is 12.0 Å². The van der Waals surface area contributed by atoms with E-state index in [0.717, 1.165) is 62.5 Å². The molecule has 0 bridgehead atoms. The second kappa shape index (κ2) is 11.1. The molecule has 1 aromatic heterocycles. The Morgan fingerprint density at radius 1 is 1.05 bits per heavy atom. The zero-order valence-electron chi connectivity index (χ0n) is 22.0. The highest BCUT2D eigenvalue weighted by atomic mass is 16.6. The number of likely N-dealkylation sites (tertiary alicyclic amines) is 2. The van der Waals surface area contributed by atoms with Crippen molar-refractivity contribution in [3.05, 3.63) is 58.7 Å². The van der Waals surface area contributed by atoms with Crippen LogP contribution in [0, 0.1) is 32.6 Å². The van der Waals surface area contributed by atoms with Gasteiger partial charge >= 0.3 is 6.09 Å². The summed E-state index contributed by atoms with van der Waals surface area (Å²) >= 11 is 0. The Morgan fingerprint density at radius 2 is 1.73 bits per heavy atom. The smallest absolute Gasteiger partial charge is 0.407 e. The number of amides is 2. The molecule has 4 heterocycles. The van der Waals surface area contributed by atoms with Gasteiger partial charge in [-0.3, -0.25) is 4.79 Å². The topological polar surface area (TPSA) is 96.9 Å². The summed E-state index contributed by atoms with van der Waals surface area (Å²) in [6.45, 7) is 11.1. The van der Waals surface area contributed by atoms with Crippen LogP contribution in [0.2, 0.25) is 0 Å². The third-order valence-electron chi connectivity index (χ3n) is 7.84. The van der Waals surface area contributed by atoms with Crippen LogP contribution in [0.4, 0.5) is 4.79 Å². The van der Waals surface area contributed by atoms with Crippen molar-refractivity contribution in [2.75, 3.05) is 45.9 Å². The van der Waals surface area contributed by atoms with Crippen LogP contribution in [0.15, 0.2) is 30.3 Å². The summed E-state index contributed by atoms with van der Waals surface area (Å²) in [5.41, 5.74) is 3.24. The molecule has 1 N–H and O–H groups in total. The molecular weight excluding hydrogens is 470 g/mol. The van der Waals surface area contributed by atoms with Crippen LogP contribution >= 0.6 is 0 Å². The molecule has 0 radical (unpaired) electrons. The summed E-state index contributed by atoms with van der Waals surface area (Å²) in [5.74, 6) is 1.68. The number of aromatic nitrogens is 2. The van der Waals surface area contributed by atoms with Gasteiger partial charge in [0.15, 0.2) is 0 Å². The van der Waals surface area contributed by atoms with Gasteiger partial charge in [-0.1, -0.05) is 30.3 Å². The number of hydrogen-bond acceptors (Lipinski definition) is 7. The number of fused-ring (bicyclic) bond motifs is 1. The normalized spacial score (nSPS) is 24.2. The van der Waals surface area contributed by atoms with Gasteiger partial charge in [-0.25, -0.2) is 14.8 Å². The van der Waals surface area contributed by atoms with Gasteiger partial charge in [0.25, 0.3) is 5.91 Å². The van der Waals surface area contributed by atoms with Crippen LogP contribution in [-0.4, -0.2) is 83.8 Å². The van der Waals surface area contributed by atoms with Crippen LogP contribution in [-0.2, 0) is 9.47 Å². The Labute approximate surface area is 218 Å². The lowest BCUT2D eigenvalue weighted by atomic mass is 10.0. The van der Waals surface area contributed by atoms with Gasteiger partial charge < -0.3 is 24.6 Å². The third kappa shape index (κ3) is 5.93. The predicted octanol–water partition coefficient (Wildman–Crippen LogP) is 3.05. The summed E-state index contributed by atoms with van der Waals surface area (Å²) < 4.78 is 10.9. The Hall–Kier alpha value is -3.04. The highest BCUT2D eigenvalue weighted by molar-refractivity contribution is 5.96. The maximum atomic E-state index is 13.3. The summed E-state index contributed by atoms with van der Waals surface area (Å²) in [6.07, 6.45) is 0.985. The number of carbonyl (C=O) groups is 2. The molecule has 1 aromatic carbocycles. The maximum absolute atomic E-state index is 13.3. The minimum atomic E-state index is -0.387. The van der Waals surface area contributed by atoms with E-state index in [1.165, 1.54) is 0 Å². The maximum Gasteiger partial charge on any atom is 0.407 e. The first-order chi connectivity index (χ1) is 17.9. The lowest BCUT2D eigenvalue weighted by Gasteiger charge is -2.25. The van der Waals surface area contributed by atoms with Crippen LogP contribution < -0.4 is 5.32 Å². The molecule has 9 nitrogen and oxygen atoms in total. The monoisotopic (exact) mass is 507 g/mol. The van der Waals surface area contributed by atoms with E-state index in [0.29, 0.717) is 36.4 Å². The molecule has 2 amide bonds. The molecular formula is C28H37N5O4. The van der Waals surface area contributed by atoms with Gasteiger partial charge in [0.2, 0.25) is 0 Å². The minimum Gasteiger partial charge on any atom is -0.444 e. The Morgan fingerprint density at radius 3 is 2.35 bits per heavy atom. The van der Waals surface area contributed by atoms with E-state index < -0.39 is 0 Å². The molecule has 37 heavy (non-hydrogen) atoms. The van der Waals surface area contributed by atoms with Crippen molar-refractivity contribution in [1.29, 1.82) is 0 Å². The van der Waals surface area contributed by atoms with Crippen molar-refractivity contribution in [1.82, 2.24) is 25.1 Å². The number of rotatable bonds is 7. The van der Waals surface area contributed by atoms with E-state index in [2.05, 4.69) is 20.2 Å². The van der Waals surface area contributed by atoms with Gasteiger partial charge in [0, 0.05) is 39.1 Å². The van der Waals surface area contributed by atoms with Crippen LogP contribution in [0.5, 0.6) is 0 Å². The highest BCUT2D eigenvalue weighted by Crippen LogP contribution is 2.33. The molecule has 2 aromatic rings. The second-order valence-electron chi connectivity index (χ2n) is 10.6.